The molecule has 0 unspecified atom stereocenters. The lowest BCUT2D eigenvalue weighted by Gasteiger charge is -2.38. The smallest absolute Gasteiger partial charge is 0.313 e. The minimum atomic E-state index is -1.01. The Bertz CT molecular complexity index is 912. The van der Waals surface area contributed by atoms with Gasteiger partial charge < -0.3 is 15.6 Å². The van der Waals surface area contributed by atoms with Crippen LogP contribution in [0, 0.1) is 28.9 Å². The van der Waals surface area contributed by atoms with Gasteiger partial charge in [-0.05, 0) is 49.0 Å². The fraction of sp³-hybridized carbons (Fsp3) is 0.524. The number of H-pyrrole nitrogens is 1. The van der Waals surface area contributed by atoms with E-state index in [1.165, 1.54) is 38.3 Å². The number of amides is 2. The third kappa shape index (κ3) is 3.75. The number of hydrogen-bond donors (Lipinski definition) is 3. The Balaban J connectivity index is 1.32. The van der Waals surface area contributed by atoms with Crippen LogP contribution >= 0.6 is 0 Å². The predicted octanol–water partition coefficient (Wildman–Crippen LogP) is 4.11. The maximum absolute atomic E-state index is 13.5. The quantitative estimate of drug-likeness (QED) is 0.689. The first kappa shape index (κ1) is 18.9. The maximum Gasteiger partial charge on any atom is 0.313 e. The summed E-state index contributed by atoms with van der Waals surface area (Å²) >= 11 is 0. The standard InChI is InChI=1S/C21H25F2N3O2/c1-21(9-12-2-3-13(6-12)10-21)4-5-24-19(27)20(28)26-18-11-25-17-8-16(23)15(22)7-14(17)18/h7-8,11-13,25H,2-6,9-10H2,1H3,(H,24,27)(H,26,28)/t12-,13+,21+. The van der Waals surface area contributed by atoms with Gasteiger partial charge in [-0.3, -0.25) is 9.59 Å². The lowest BCUT2D eigenvalue weighted by molar-refractivity contribution is -0.136. The van der Waals surface area contributed by atoms with Crippen LogP contribution in [0.2, 0.25) is 0 Å². The highest BCUT2D eigenvalue weighted by Gasteiger charge is 2.40. The molecule has 1 aromatic carbocycles. The Morgan fingerprint density at radius 2 is 1.82 bits per heavy atom. The van der Waals surface area contributed by atoms with Gasteiger partial charge in [0.2, 0.25) is 0 Å². The van der Waals surface area contributed by atoms with E-state index in [0.717, 1.165) is 30.4 Å². The molecule has 150 valence electrons. The zero-order valence-electron chi connectivity index (χ0n) is 15.9. The molecule has 2 bridgehead atoms. The van der Waals surface area contributed by atoms with Crippen molar-refractivity contribution in [1.29, 1.82) is 0 Å². The summed E-state index contributed by atoms with van der Waals surface area (Å²) in [5, 5.41) is 5.46. The molecule has 3 atom stereocenters. The second kappa shape index (κ2) is 7.18. The van der Waals surface area contributed by atoms with Crippen LogP contribution in [0.4, 0.5) is 14.5 Å². The lowest BCUT2D eigenvalue weighted by Crippen LogP contribution is -2.38. The van der Waals surface area contributed by atoms with Crippen LogP contribution in [-0.4, -0.2) is 23.3 Å². The van der Waals surface area contributed by atoms with Crippen LogP contribution in [0.3, 0.4) is 0 Å². The molecular weight excluding hydrogens is 364 g/mol. The number of carbonyl (C=O) groups excluding carboxylic acids is 2. The highest BCUT2D eigenvalue weighted by atomic mass is 19.2. The van der Waals surface area contributed by atoms with Gasteiger partial charge in [0.25, 0.3) is 0 Å². The summed E-state index contributed by atoms with van der Waals surface area (Å²) in [7, 11) is 0. The Morgan fingerprint density at radius 3 is 2.54 bits per heavy atom. The van der Waals surface area contributed by atoms with Crippen molar-refractivity contribution in [2.75, 3.05) is 11.9 Å². The van der Waals surface area contributed by atoms with Crippen LogP contribution in [0.1, 0.15) is 45.4 Å². The summed E-state index contributed by atoms with van der Waals surface area (Å²) in [5.41, 5.74) is 0.811. The molecule has 28 heavy (non-hydrogen) atoms. The number of nitrogens with one attached hydrogen (secondary N) is 3. The molecule has 3 N–H and O–H groups in total. The van der Waals surface area contributed by atoms with E-state index in [0.29, 0.717) is 17.4 Å². The van der Waals surface area contributed by atoms with Gasteiger partial charge >= 0.3 is 11.8 Å². The molecule has 2 fully saturated rings. The van der Waals surface area contributed by atoms with Gasteiger partial charge in [0.05, 0.1) is 11.2 Å². The van der Waals surface area contributed by atoms with Crippen molar-refractivity contribution in [2.45, 2.75) is 45.4 Å². The normalized spacial score (nSPS) is 26.4. The van der Waals surface area contributed by atoms with Gasteiger partial charge in [-0.15, -0.1) is 0 Å². The summed E-state index contributed by atoms with van der Waals surface area (Å²) < 4.78 is 26.7. The molecule has 7 heteroatoms. The highest BCUT2D eigenvalue weighted by molar-refractivity contribution is 6.40. The van der Waals surface area contributed by atoms with Crippen LogP contribution < -0.4 is 10.6 Å². The fourth-order valence-electron chi connectivity index (χ4n) is 5.19. The van der Waals surface area contributed by atoms with Crippen LogP contribution in [0.25, 0.3) is 10.9 Å². The van der Waals surface area contributed by atoms with Crippen molar-refractivity contribution in [2.24, 2.45) is 17.3 Å². The Morgan fingerprint density at radius 1 is 1.14 bits per heavy atom. The van der Waals surface area contributed by atoms with E-state index < -0.39 is 23.4 Å². The zero-order chi connectivity index (χ0) is 19.9. The van der Waals surface area contributed by atoms with Crippen molar-refractivity contribution >= 4 is 28.4 Å². The van der Waals surface area contributed by atoms with E-state index in [1.54, 1.807) is 0 Å². The summed E-state index contributed by atoms with van der Waals surface area (Å²) in [5.74, 6) is -1.90. The zero-order valence-corrected chi connectivity index (χ0v) is 15.9. The summed E-state index contributed by atoms with van der Waals surface area (Å²) in [6, 6.07) is 2.01. The third-order valence-corrected chi connectivity index (χ3v) is 6.40. The van der Waals surface area contributed by atoms with E-state index in [2.05, 4.69) is 22.5 Å². The second-order valence-corrected chi connectivity index (χ2v) is 8.74. The molecule has 0 aliphatic heterocycles. The first-order valence-electron chi connectivity index (χ1n) is 9.88. The molecule has 2 aromatic rings. The molecule has 4 rings (SSSR count). The van der Waals surface area contributed by atoms with Gasteiger partial charge in [0, 0.05) is 24.2 Å². The van der Waals surface area contributed by atoms with Crippen molar-refractivity contribution < 1.29 is 18.4 Å². The molecular formula is C21H25F2N3O2. The highest BCUT2D eigenvalue weighted by Crippen LogP contribution is 2.51. The van der Waals surface area contributed by atoms with Crippen LogP contribution in [0.5, 0.6) is 0 Å². The summed E-state index contributed by atoms with van der Waals surface area (Å²) in [6.45, 7) is 2.74. The van der Waals surface area contributed by atoms with Crippen molar-refractivity contribution in [3.05, 3.63) is 30.0 Å². The van der Waals surface area contributed by atoms with Crippen molar-refractivity contribution in [3.63, 3.8) is 0 Å². The molecule has 2 saturated carbocycles. The lowest BCUT2D eigenvalue weighted by atomic mass is 9.68. The van der Waals surface area contributed by atoms with Crippen LogP contribution in [0.15, 0.2) is 18.3 Å². The first-order chi connectivity index (χ1) is 13.3. The van der Waals surface area contributed by atoms with Crippen LogP contribution in [-0.2, 0) is 9.59 Å². The van der Waals surface area contributed by atoms with Gasteiger partial charge in [0.1, 0.15) is 0 Å². The minimum absolute atomic E-state index is 0.228. The Kier molecular flexibility index (Phi) is 4.85. The molecule has 0 radical (unpaired) electrons. The number of carbonyl (C=O) groups is 2. The number of fused-ring (bicyclic) bond motifs is 3. The number of halogens is 2. The molecule has 0 saturated heterocycles. The minimum Gasteiger partial charge on any atom is -0.359 e. The van der Waals surface area contributed by atoms with E-state index in [1.807, 2.05) is 0 Å². The predicted molar refractivity (Wildman–Crippen MR) is 103 cm³/mol. The van der Waals surface area contributed by atoms with Crippen molar-refractivity contribution in [1.82, 2.24) is 10.3 Å². The molecule has 2 aliphatic carbocycles. The van der Waals surface area contributed by atoms with Gasteiger partial charge in [-0.1, -0.05) is 19.8 Å². The molecule has 2 amide bonds. The van der Waals surface area contributed by atoms with Gasteiger partial charge in [0.15, 0.2) is 11.6 Å². The fourth-order valence-corrected chi connectivity index (χ4v) is 5.19. The number of aromatic amines is 1. The van der Waals surface area contributed by atoms with E-state index in [4.69, 9.17) is 0 Å². The van der Waals surface area contributed by atoms with E-state index in [9.17, 15) is 18.4 Å². The Labute approximate surface area is 162 Å². The number of aromatic nitrogens is 1. The molecule has 1 aromatic heterocycles. The van der Waals surface area contributed by atoms with Gasteiger partial charge in [-0.2, -0.15) is 0 Å². The number of rotatable bonds is 4. The molecule has 0 spiro atoms. The molecule has 5 nitrogen and oxygen atoms in total. The second-order valence-electron chi connectivity index (χ2n) is 8.74. The first-order valence-corrected chi connectivity index (χ1v) is 9.88. The maximum atomic E-state index is 13.5. The summed E-state index contributed by atoms with van der Waals surface area (Å²) in [6.07, 6.45) is 8.66. The third-order valence-electron chi connectivity index (χ3n) is 6.40. The van der Waals surface area contributed by atoms with E-state index >= 15 is 0 Å². The van der Waals surface area contributed by atoms with Crippen molar-refractivity contribution in [3.8, 4) is 0 Å². The van der Waals surface area contributed by atoms with E-state index in [-0.39, 0.29) is 11.1 Å². The molecule has 2 aliphatic rings. The topological polar surface area (TPSA) is 74.0 Å². The molecule has 1 heterocycles. The average Bonchev–Trinajstić information content (AvgIpc) is 3.18. The summed E-state index contributed by atoms with van der Waals surface area (Å²) in [4.78, 5) is 27.1. The monoisotopic (exact) mass is 389 g/mol. The average molecular weight is 389 g/mol. The number of benzene rings is 1. The SMILES string of the molecule is C[C@]1(CCNC(=O)C(=O)Nc2c[nH]c3cc(F)c(F)cc23)C[C@@H]2CC[C@@H](C2)C1. The number of anilines is 1. The largest absolute Gasteiger partial charge is 0.359 e. The van der Waals surface area contributed by atoms with Gasteiger partial charge in [-0.25, -0.2) is 8.78 Å². The Hall–Kier alpha value is -2.44. The number of hydrogen-bond acceptors (Lipinski definition) is 2.